The lowest BCUT2D eigenvalue weighted by atomic mass is 10.1. The maximum absolute atomic E-state index is 5.65. The van der Waals surface area contributed by atoms with Crippen molar-refractivity contribution >= 4 is 0 Å². The van der Waals surface area contributed by atoms with Gasteiger partial charge >= 0.3 is 0 Å². The Morgan fingerprint density at radius 3 is 2.50 bits per heavy atom. The lowest BCUT2D eigenvalue weighted by Crippen LogP contribution is -2.15. The molecule has 2 atom stereocenters. The van der Waals surface area contributed by atoms with E-state index in [1.165, 1.54) is 38.5 Å². The third-order valence-electron chi connectivity index (χ3n) is 2.76. The van der Waals surface area contributed by atoms with Gasteiger partial charge in [0.15, 0.2) is 0 Å². The van der Waals surface area contributed by atoms with Crippen LogP contribution < -0.4 is 0 Å². The lowest BCUT2D eigenvalue weighted by molar-refractivity contribution is 0.0434. The van der Waals surface area contributed by atoms with E-state index in [0.717, 1.165) is 13.2 Å². The summed E-state index contributed by atoms with van der Waals surface area (Å²) in [6.45, 7) is 6.17. The van der Waals surface area contributed by atoms with E-state index in [9.17, 15) is 0 Å². The van der Waals surface area contributed by atoms with Crippen LogP contribution in [0.5, 0.6) is 0 Å². The molecule has 0 spiro atoms. The van der Waals surface area contributed by atoms with Gasteiger partial charge in [-0.25, -0.2) is 0 Å². The van der Waals surface area contributed by atoms with Crippen LogP contribution in [0.4, 0.5) is 0 Å². The summed E-state index contributed by atoms with van der Waals surface area (Å²) in [4.78, 5) is 0. The number of hydrogen-bond donors (Lipinski definition) is 0. The van der Waals surface area contributed by atoms with Crippen molar-refractivity contribution in [2.24, 2.45) is 0 Å². The molecule has 0 bridgehead atoms. The van der Waals surface area contributed by atoms with E-state index in [0.29, 0.717) is 12.2 Å². The van der Waals surface area contributed by atoms with Crippen LogP contribution in [-0.2, 0) is 9.47 Å². The summed E-state index contributed by atoms with van der Waals surface area (Å²) in [7, 11) is 0. The molecule has 0 amide bonds. The molecule has 1 aliphatic rings. The number of rotatable bonds is 9. The fraction of sp³-hybridized carbons (Fsp3) is 1.00. The first kappa shape index (κ1) is 12.0. The summed E-state index contributed by atoms with van der Waals surface area (Å²) in [6, 6.07) is 0. The Morgan fingerprint density at radius 1 is 1.21 bits per heavy atom. The normalized spacial score (nSPS) is 22.3. The van der Waals surface area contributed by atoms with Gasteiger partial charge in [-0.1, -0.05) is 39.0 Å². The first-order valence-corrected chi connectivity index (χ1v) is 6.07. The van der Waals surface area contributed by atoms with Gasteiger partial charge in [0.1, 0.15) is 6.10 Å². The Hall–Kier alpha value is -0.0800. The third-order valence-corrected chi connectivity index (χ3v) is 2.76. The molecule has 0 aromatic carbocycles. The van der Waals surface area contributed by atoms with Crippen molar-refractivity contribution in [3.05, 3.63) is 0 Å². The second-order valence-electron chi connectivity index (χ2n) is 4.22. The van der Waals surface area contributed by atoms with Crippen molar-refractivity contribution in [3.8, 4) is 0 Å². The van der Waals surface area contributed by atoms with Crippen LogP contribution in [0.1, 0.15) is 52.4 Å². The van der Waals surface area contributed by atoms with Crippen LogP contribution in [0.3, 0.4) is 0 Å². The maximum atomic E-state index is 5.65. The highest BCUT2D eigenvalue weighted by Crippen LogP contribution is 2.16. The van der Waals surface area contributed by atoms with Crippen molar-refractivity contribution in [2.45, 2.75) is 64.6 Å². The molecule has 0 saturated carbocycles. The van der Waals surface area contributed by atoms with Crippen LogP contribution >= 0.6 is 0 Å². The number of hydrogen-bond acceptors (Lipinski definition) is 2. The second kappa shape index (κ2) is 7.24. The highest BCUT2D eigenvalue weighted by molar-refractivity contribution is 4.75. The molecule has 1 saturated heterocycles. The van der Waals surface area contributed by atoms with Crippen LogP contribution in [-0.4, -0.2) is 25.4 Å². The van der Waals surface area contributed by atoms with Gasteiger partial charge in [-0.15, -0.1) is 0 Å². The molecule has 1 fully saturated rings. The Balaban J connectivity index is 1.75. The van der Waals surface area contributed by atoms with Crippen LogP contribution in [0.2, 0.25) is 0 Å². The molecule has 14 heavy (non-hydrogen) atoms. The highest BCUT2D eigenvalue weighted by Gasteiger charge is 2.29. The molecule has 0 radical (unpaired) electrons. The fourth-order valence-corrected chi connectivity index (χ4v) is 1.59. The minimum Gasteiger partial charge on any atom is -0.376 e. The zero-order valence-corrected chi connectivity index (χ0v) is 9.63. The first-order valence-electron chi connectivity index (χ1n) is 6.07. The predicted molar refractivity (Wildman–Crippen MR) is 58.5 cm³/mol. The summed E-state index contributed by atoms with van der Waals surface area (Å²) in [5.74, 6) is 0. The second-order valence-corrected chi connectivity index (χ2v) is 4.22. The van der Waals surface area contributed by atoms with Gasteiger partial charge in [-0.2, -0.15) is 0 Å². The van der Waals surface area contributed by atoms with Crippen molar-refractivity contribution < 1.29 is 9.47 Å². The monoisotopic (exact) mass is 200 g/mol. The molecule has 0 aliphatic carbocycles. The Bertz CT molecular complexity index is 132. The van der Waals surface area contributed by atoms with E-state index < -0.39 is 0 Å². The smallest absolute Gasteiger partial charge is 0.107 e. The molecule has 1 aliphatic heterocycles. The van der Waals surface area contributed by atoms with Gasteiger partial charge in [0.25, 0.3) is 0 Å². The first-order chi connectivity index (χ1) is 6.84. The zero-order chi connectivity index (χ0) is 10.2. The highest BCUT2D eigenvalue weighted by atomic mass is 16.6. The molecule has 1 rings (SSSR count). The van der Waals surface area contributed by atoms with Crippen molar-refractivity contribution in [3.63, 3.8) is 0 Å². The Morgan fingerprint density at radius 2 is 1.86 bits per heavy atom. The lowest BCUT2D eigenvalue weighted by Gasteiger charge is -2.09. The summed E-state index contributed by atoms with van der Waals surface area (Å²) in [5.41, 5.74) is 0. The summed E-state index contributed by atoms with van der Waals surface area (Å²) in [6.07, 6.45) is 8.70. The molecule has 1 heterocycles. The molecule has 2 nitrogen and oxygen atoms in total. The van der Waals surface area contributed by atoms with Crippen LogP contribution in [0.15, 0.2) is 0 Å². The molecule has 84 valence electrons. The molecule has 2 unspecified atom stereocenters. The average molecular weight is 200 g/mol. The van der Waals surface area contributed by atoms with Crippen LogP contribution in [0.25, 0.3) is 0 Å². The number of unbranched alkanes of at least 4 members (excludes halogenated alkanes) is 5. The van der Waals surface area contributed by atoms with E-state index in [1.807, 2.05) is 0 Å². The van der Waals surface area contributed by atoms with Gasteiger partial charge in [0, 0.05) is 6.61 Å². The summed E-state index contributed by atoms with van der Waals surface area (Å²) < 4.78 is 10.8. The largest absolute Gasteiger partial charge is 0.376 e. The zero-order valence-electron chi connectivity index (χ0n) is 9.63. The van der Waals surface area contributed by atoms with E-state index in [1.54, 1.807) is 0 Å². The van der Waals surface area contributed by atoms with E-state index in [2.05, 4.69) is 13.8 Å². The van der Waals surface area contributed by atoms with E-state index in [-0.39, 0.29) is 0 Å². The molecular formula is C12H24O2. The number of ether oxygens (including phenoxy) is 2. The predicted octanol–water partition coefficient (Wildman–Crippen LogP) is 3.15. The van der Waals surface area contributed by atoms with Crippen LogP contribution in [0, 0.1) is 0 Å². The third kappa shape index (κ3) is 5.61. The summed E-state index contributed by atoms with van der Waals surface area (Å²) >= 11 is 0. The topological polar surface area (TPSA) is 21.8 Å². The Kier molecular flexibility index (Phi) is 6.20. The van der Waals surface area contributed by atoms with Crippen molar-refractivity contribution in [1.29, 1.82) is 0 Å². The quantitative estimate of drug-likeness (QED) is 0.421. The van der Waals surface area contributed by atoms with Crippen molar-refractivity contribution in [2.75, 3.05) is 13.2 Å². The minimum atomic E-state index is 0.311. The van der Waals surface area contributed by atoms with Gasteiger partial charge < -0.3 is 9.47 Å². The number of epoxide rings is 1. The minimum absolute atomic E-state index is 0.311. The molecule has 0 N–H and O–H groups in total. The molecule has 2 heteroatoms. The maximum Gasteiger partial charge on any atom is 0.107 e. The summed E-state index contributed by atoms with van der Waals surface area (Å²) in [5, 5.41) is 0. The standard InChI is InChI=1S/C12H24O2/c1-3-4-5-6-7-8-9-13-11(2)12-10-14-12/h11-12H,3-10H2,1-2H3. The molecule has 0 aromatic rings. The van der Waals surface area contributed by atoms with Gasteiger partial charge in [-0.3, -0.25) is 0 Å². The van der Waals surface area contributed by atoms with E-state index in [4.69, 9.17) is 9.47 Å². The Labute approximate surface area is 88.0 Å². The average Bonchev–Trinajstić information content (AvgIpc) is 2.99. The van der Waals surface area contributed by atoms with E-state index >= 15 is 0 Å². The fourth-order valence-electron chi connectivity index (χ4n) is 1.59. The molecular weight excluding hydrogens is 176 g/mol. The SMILES string of the molecule is CCCCCCCCOC(C)C1CO1. The van der Waals surface area contributed by atoms with Gasteiger partial charge in [0.2, 0.25) is 0 Å². The van der Waals surface area contributed by atoms with Gasteiger partial charge in [0.05, 0.1) is 12.7 Å². The van der Waals surface area contributed by atoms with Gasteiger partial charge in [-0.05, 0) is 13.3 Å². The van der Waals surface area contributed by atoms with Crippen molar-refractivity contribution in [1.82, 2.24) is 0 Å². The molecule has 0 aromatic heterocycles.